The van der Waals surface area contributed by atoms with Gasteiger partial charge >= 0.3 is 0 Å². The van der Waals surface area contributed by atoms with E-state index in [1.807, 2.05) is 0 Å². The molecule has 2 aromatic heterocycles. The van der Waals surface area contributed by atoms with Crippen LogP contribution in [-0.4, -0.2) is 19.9 Å². The maximum atomic E-state index is 13.8. The minimum Gasteiger partial charge on any atom is -0.332 e. The van der Waals surface area contributed by atoms with Gasteiger partial charge in [0, 0.05) is 7.05 Å². The molecule has 0 N–H and O–H groups in total. The lowest BCUT2D eigenvalue weighted by molar-refractivity contribution is 0.141. The van der Waals surface area contributed by atoms with Gasteiger partial charge in [0.1, 0.15) is 11.5 Å². The molecule has 2 heterocycles. The molecular formula is C16H12ClF3N4O. The van der Waals surface area contributed by atoms with Crippen molar-refractivity contribution in [2.75, 3.05) is 0 Å². The van der Waals surface area contributed by atoms with Crippen molar-refractivity contribution in [2.45, 2.75) is 24.7 Å². The van der Waals surface area contributed by atoms with Gasteiger partial charge in [0.05, 0.1) is 10.4 Å². The Morgan fingerprint density at radius 1 is 1.32 bits per heavy atom. The molecule has 1 aliphatic carbocycles. The fourth-order valence-corrected chi connectivity index (χ4v) is 3.23. The van der Waals surface area contributed by atoms with Crippen LogP contribution in [0.1, 0.15) is 36.3 Å². The molecule has 1 aliphatic rings. The zero-order chi connectivity index (χ0) is 17.8. The number of aromatic nitrogens is 4. The zero-order valence-corrected chi connectivity index (χ0v) is 13.8. The van der Waals surface area contributed by atoms with E-state index in [4.69, 9.17) is 16.1 Å². The highest BCUT2D eigenvalue weighted by atomic mass is 35.5. The average Bonchev–Trinajstić information content (AvgIpc) is 3.04. The summed E-state index contributed by atoms with van der Waals surface area (Å²) < 4.78 is 45.8. The minimum absolute atomic E-state index is 0.0316. The Morgan fingerprint density at radius 3 is 2.72 bits per heavy atom. The highest BCUT2D eigenvalue weighted by molar-refractivity contribution is 6.31. The zero-order valence-electron chi connectivity index (χ0n) is 13.0. The Bertz CT molecular complexity index is 949. The third-order valence-corrected chi connectivity index (χ3v) is 4.81. The topological polar surface area (TPSA) is 56.7 Å². The summed E-state index contributed by atoms with van der Waals surface area (Å²) in [5, 5.41) is 7.96. The van der Waals surface area contributed by atoms with Crippen LogP contribution in [0.25, 0.3) is 11.6 Å². The number of hydrogen-bond acceptors (Lipinski definition) is 4. The second-order valence-electron chi connectivity index (χ2n) is 5.99. The number of rotatable bonds is 4. The molecule has 25 heavy (non-hydrogen) atoms. The molecule has 1 saturated carbocycles. The van der Waals surface area contributed by atoms with Crippen LogP contribution in [-0.2, 0) is 12.5 Å². The van der Waals surface area contributed by atoms with Crippen LogP contribution in [0.15, 0.2) is 28.8 Å². The molecule has 1 aromatic carbocycles. The molecule has 0 radical (unpaired) electrons. The number of alkyl halides is 2. The number of benzene rings is 1. The number of hydrogen-bond donors (Lipinski definition) is 0. The van der Waals surface area contributed by atoms with E-state index in [9.17, 15) is 13.2 Å². The van der Waals surface area contributed by atoms with E-state index in [-0.39, 0.29) is 22.3 Å². The summed E-state index contributed by atoms with van der Waals surface area (Å²) in [4.78, 5) is 4.30. The molecule has 0 spiro atoms. The van der Waals surface area contributed by atoms with Crippen LogP contribution in [0, 0.1) is 5.82 Å². The van der Waals surface area contributed by atoms with Crippen molar-refractivity contribution in [3.05, 3.63) is 52.2 Å². The standard InChI is InChI=1S/C16H12ClF3N4O/c1-24-11(13(19)20)7-10(22-24)14-21-15(23-25-14)16(5-6-16)8-3-2-4-9(18)12(8)17/h2-4,7,13H,5-6H2,1H3. The molecule has 9 heteroatoms. The van der Waals surface area contributed by atoms with Gasteiger partial charge in [-0.3, -0.25) is 4.68 Å². The number of aryl methyl sites for hydroxylation is 1. The summed E-state index contributed by atoms with van der Waals surface area (Å²) in [5.74, 6) is -0.129. The third-order valence-electron chi connectivity index (χ3n) is 4.43. The van der Waals surface area contributed by atoms with Crippen molar-refractivity contribution in [3.63, 3.8) is 0 Å². The van der Waals surface area contributed by atoms with Crippen molar-refractivity contribution in [2.24, 2.45) is 7.05 Å². The van der Waals surface area contributed by atoms with Crippen molar-refractivity contribution in [1.29, 1.82) is 0 Å². The summed E-state index contributed by atoms with van der Waals surface area (Å²) in [6, 6.07) is 5.79. The van der Waals surface area contributed by atoms with Gasteiger partial charge in [0.15, 0.2) is 11.5 Å². The molecule has 5 nitrogen and oxygen atoms in total. The van der Waals surface area contributed by atoms with Gasteiger partial charge in [-0.25, -0.2) is 13.2 Å². The van der Waals surface area contributed by atoms with E-state index in [1.54, 1.807) is 12.1 Å². The lowest BCUT2D eigenvalue weighted by Gasteiger charge is -2.13. The summed E-state index contributed by atoms with van der Waals surface area (Å²) >= 11 is 6.09. The van der Waals surface area contributed by atoms with Crippen LogP contribution < -0.4 is 0 Å². The summed E-state index contributed by atoms with van der Waals surface area (Å²) in [7, 11) is 1.41. The molecule has 0 unspecified atom stereocenters. The predicted octanol–water partition coefficient (Wildman–Crippen LogP) is 4.28. The van der Waals surface area contributed by atoms with Gasteiger partial charge in [-0.1, -0.05) is 28.9 Å². The molecule has 130 valence electrons. The van der Waals surface area contributed by atoms with Gasteiger partial charge in [0.25, 0.3) is 12.3 Å². The first-order valence-electron chi connectivity index (χ1n) is 7.53. The summed E-state index contributed by atoms with van der Waals surface area (Å²) in [6.07, 6.45) is -1.27. The van der Waals surface area contributed by atoms with Gasteiger partial charge in [0.2, 0.25) is 0 Å². The highest BCUT2D eigenvalue weighted by Crippen LogP contribution is 2.54. The molecule has 4 rings (SSSR count). The van der Waals surface area contributed by atoms with E-state index in [2.05, 4.69) is 15.2 Å². The Labute approximate surface area is 145 Å². The second kappa shape index (κ2) is 5.59. The van der Waals surface area contributed by atoms with Crippen LogP contribution in [0.5, 0.6) is 0 Å². The first-order chi connectivity index (χ1) is 11.9. The van der Waals surface area contributed by atoms with E-state index in [0.717, 1.165) is 4.68 Å². The first-order valence-corrected chi connectivity index (χ1v) is 7.91. The largest absolute Gasteiger partial charge is 0.332 e. The van der Waals surface area contributed by atoms with Gasteiger partial charge in [-0.15, -0.1) is 0 Å². The normalized spacial score (nSPS) is 15.8. The molecule has 0 bridgehead atoms. The molecule has 0 amide bonds. The highest BCUT2D eigenvalue weighted by Gasteiger charge is 2.51. The van der Waals surface area contributed by atoms with Crippen molar-refractivity contribution < 1.29 is 17.7 Å². The predicted molar refractivity (Wildman–Crippen MR) is 82.9 cm³/mol. The number of halogens is 4. The third kappa shape index (κ3) is 2.52. The van der Waals surface area contributed by atoms with Crippen molar-refractivity contribution in [1.82, 2.24) is 19.9 Å². The molecular weight excluding hydrogens is 357 g/mol. The smallest absolute Gasteiger partial charge is 0.280 e. The molecule has 0 aliphatic heterocycles. The van der Waals surface area contributed by atoms with Crippen molar-refractivity contribution >= 4 is 11.6 Å². The van der Waals surface area contributed by atoms with Crippen LogP contribution in [0.2, 0.25) is 5.02 Å². The Kier molecular flexibility index (Phi) is 3.61. The Morgan fingerprint density at radius 2 is 2.08 bits per heavy atom. The molecule has 1 fully saturated rings. The Hall–Kier alpha value is -2.35. The van der Waals surface area contributed by atoms with Crippen LogP contribution in [0.4, 0.5) is 13.2 Å². The molecule has 0 atom stereocenters. The van der Waals surface area contributed by atoms with E-state index in [0.29, 0.717) is 24.2 Å². The van der Waals surface area contributed by atoms with Gasteiger partial charge in [-0.05, 0) is 30.5 Å². The lowest BCUT2D eigenvalue weighted by atomic mass is 9.95. The quantitative estimate of drug-likeness (QED) is 0.689. The maximum absolute atomic E-state index is 13.8. The summed E-state index contributed by atoms with van der Waals surface area (Å²) in [6.45, 7) is 0. The van der Waals surface area contributed by atoms with Gasteiger partial charge in [-0.2, -0.15) is 10.1 Å². The van der Waals surface area contributed by atoms with Crippen LogP contribution >= 0.6 is 11.6 Å². The van der Waals surface area contributed by atoms with E-state index >= 15 is 0 Å². The van der Waals surface area contributed by atoms with E-state index in [1.165, 1.54) is 19.2 Å². The molecule has 3 aromatic rings. The van der Waals surface area contributed by atoms with Crippen molar-refractivity contribution in [3.8, 4) is 11.6 Å². The number of nitrogens with zero attached hydrogens (tertiary/aromatic N) is 4. The maximum Gasteiger partial charge on any atom is 0.280 e. The van der Waals surface area contributed by atoms with Crippen LogP contribution in [0.3, 0.4) is 0 Å². The minimum atomic E-state index is -2.66. The average molecular weight is 369 g/mol. The fraction of sp³-hybridized carbons (Fsp3) is 0.312. The first kappa shape index (κ1) is 16.1. The Balaban J connectivity index is 1.72. The molecule has 0 saturated heterocycles. The second-order valence-corrected chi connectivity index (χ2v) is 6.36. The van der Waals surface area contributed by atoms with E-state index < -0.39 is 17.7 Å². The lowest BCUT2D eigenvalue weighted by Crippen LogP contribution is -2.12. The fourth-order valence-electron chi connectivity index (χ4n) is 2.92. The summed E-state index contributed by atoms with van der Waals surface area (Å²) in [5.41, 5.74) is -0.0982. The van der Waals surface area contributed by atoms with Gasteiger partial charge < -0.3 is 4.52 Å². The SMILES string of the molecule is Cn1nc(-c2nc(C3(c4cccc(F)c4Cl)CC3)no2)cc1C(F)F. The monoisotopic (exact) mass is 368 g/mol.